The second-order valence-corrected chi connectivity index (χ2v) is 9.42. The van der Waals surface area contributed by atoms with E-state index in [1.54, 1.807) is 11.0 Å². The number of aryl methyl sites for hydroxylation is 1. The summed E-state index contributed by atoms with van der Waals surface area (Å²) in [6.07, 6.45) is 3.67. The molecule has 1 aliphatic rings. The summed E-state index contributed by atoms with van der Waals surface area (Å²) in [7, 11) is -3.06. The zero-order valence-electron chi connectivity index (χ0n) is 14.0. The summed E-state index contributed by atoms with van der Waals surface area (Å²) in [5, 5.41) is 2.83. The standard InChI is InChI=1S/C18H20N2O3S2/c1-14-19-16(12-24-14)7-8-18(21)20(11-15-5-3-2-4-6-15)17-9-10-25(22,23)13-17/h2-8,12,17H,9-11,13H2,1H3/b8-7+. The van der Waals surface area contributed by atoms with Gasteiger partial charge in [-0.2, -0.15) is 0 Å². The maximum atomic E-state index is 12.7. The number of carbonyl (C=O) groups is 1. The highest BCUT2D eigenvalue weighted by Gasteiger charge is 2.34. The monoisotopic (exact) mass is 376 g/mol. The highest BCUT2D eigenvalue weighted by molar-refractivity contribution is 7.91. The number of rotatable bonds is 5. The molecule has 1 unspecified atom stereocenters. The van der Waals surface area contributed by atoms with Crippen molar-refractivity contribution in [3.05, 3.63) is 58.1 Å². The van der Waals surface area contributed by atoms with E-state index in [1.165, 1.54) is 17.4 Å². The van der Waals surface area contributed by atoms with E-state index in [0.29, 0.717) is 13.0 Å². The molecular formula is C18H20N2O3S2. The van der Waals surface area contributed by atoms with Crippen molar-refractivity contribution in [1.82, 2.24) is 9.88 Å². The number of thiazole rings is 1. The van der Waals surface area contributed by atoms with E-state index in [1.807, 2.05) is 42.6 Å². The minimum atomic E-state index is -3.06. The average molecular weight is 377 g/mol. The van der Waals surface area contributed by atoms with Gasteiger partial charge in [0.25, 0.3) is 0 Å². The molecule has 1 fully saturated rings. The predicted octanol–water partition coefficient (Wildman–Crippen LogP) is 2.68. The molecule has 2 aromatic rings. The summed E-state index contributed by atoms with van der Waals surface area (Å²) in [4.78, 5) is 18.7. The van der Waals surface area contributed by atoms with Crippen molar-refractivity contribution in [3.8, 4) is 0 Å². The van der Waals surface area contributed by atoms with Crippen LogP contribution in [0.15, 0.2) is 41.8 Å². The van der Waals surface area contributed by atoms with Gasteiger partial charge in [-0.3, -0.25) is 4.79 Å². The van der Waals surface area contributed by atoms with Gasteiger partial charge >= 0.3 is 0 Å². The van der Waals surface area contributed by atoms with Crippen LogP contribution in [0.2, 0.25) is 0 Å². The zero-order chi connectivity index (χ0) is 17.9. The maximum Gasteiger partial charge on any atom is 0.247 e. The molecule has 25 heavy (non-hydrogen) atoms. The van der Waals surface area contributed by atoms with Crippen molar-refractivity contribution in [2.24, 2.45) is 0 Å². The fourth-order valence-corrected chi connectivity index (χ4v) is 5.21. The number of nitrogens with zero attached hydrogens (tertiary/aromatic N) is 2. The van der Waals surface area contributed by atoms with Crippen LogP contribution in [0.1, 0.15) is 22.7 Å². The molecule has 0 aliphatic carbocycles. The van der Waals surface area contributed by atoms with Gasteiger partial charge in [-0.1, -0.05) is 30.3 Å². The van der Waals surface area contributed by atoms with Gasteiger partial charge in [0.2, 0.25) is 5.91 Å². The lowest BCUT2D eigenvalue weighted by atomic mass is 10.1. The molecule has 1 aromatic carbocycles. The molecule has 0 spiro atoms. The number of benzene rings is 1. The van der Waals surface area contributed by atoms with Crippen LogP contribution in [0, 0.1) is 6.92 Å². The van der Waals surface area contributed by atoms with Gasteiger partial charge < -0.3 is 4.90 Å². The molecular weight excluding hydrogens is 356 g/mol. The van der Waals surface area contributed by atoms with E-state index < -0.39 is 9.84 Å². The minimum Gasteiger partial charge on any atom is -0.331 e. The minimum absolute atomic E-state index is 0.0369. The summed E-state index contributed by atoms with van der Waals surface area (Å²) in [5.74, 6) is -0.00269. The number of amides is 1. The van der Waals surface area contributed by atoms with Gasteiger partial charge in [0.1, 0.15) is 0 Å². The van der Waals surface area contributed by atoms with Gasteiger partial charge in [-0.25, -0.2) is 13.4 Å². The van der Waals surface area contributed by atoms with Crippen LogP contribution in [0.4, 0.5) is 0 Å². The third-order valence-corrected chi connectivity index (χ3v) is 6.70. The Kier molecular flexibility index (Phi) is 5.34. The number of sulfone groups is 1. The molecule has 7 heteroatoms. The van der Waals surface area contributed by atoms with Crippen molar-refractivity contribution in [3.63, 3.8) is 0 Å². The number of carbonyl (C=O) groups excluding carboxylic acids is 1. The topological polar surface area (TPSA) is 67.3 Å². The molecule has 0 N–H and O–H groups in total. The highest BCUT2D eigenvalue weighted by Crippen LogP contribution is 2.21. The number of hydrogen-bond acceptors (Lipinski definition) is 5. The van der Waals surface area contributed by atoms with Crippen molar-refractivity contribution < 1.29 is 13.2 Å². The normalized spacial score (nSPS) is 19.3. The molecule has 3 rings (SSSR count). The van der Waals surface area contributed by atoms with Crippen molar-refractivity contribution in [2.45, 2.75) is 25.9 Å². The summed E-state index contributed by atoms with van der Waals surface area (Å²) in [6, 6.07) is 9.35. The van der Waals surface area contributed by atoms with Crippen molar-refractivity contribution in [2.75, 3.05) is 11.5 Å². The first-order chi connectivity index (χ1) is 11.9. The van der Waals surface area contributed by atoms with Gasteiger partial charge in [0.15, 0.2) is 9.84 Å². The van der Waals surface area contributed by atoms with Crippen LogP contribution in [0.3, 0.4) is 0 Å². The summed E-state index contributed by atoms with van der Waals surface area (Å²) in [5.41, 5.74) is 1.73. The summed E-state index contributed by atoms with van der Waals surface area (Å²) < 4.78 is 23.7. The molecule has 1 atom stereocenters. The van der Waals surface area contributed by atoms with Crippen LogP contribution >= 0.6 is 11.3 Å². The Balaban J connectivity index is 1.80. The van der Waals surface area contributed by atoms with E-state index in [4.69, 9.17) is 0 Å². The number of aromatic nitrogens is 1. The zero-order valence-corrected chi connectivity index (χ0v) is 15.6. The van der Waals surface area contributed by atoms with Crippen LogP contribution < -0.4 is 0 Å². The molecule has 0 radical (unpaired) electrons. The van der Waals surface area contributed by atoms with Crippen molar-refractivity contribution in [1.29, 1.82) is 0 Å². The summed E-state index contributed by atoms with van der Waals surface area (Å²) >= 11 is 1.53. The Morgan fingerprint density at radius 1 is 1.36 bits per heavy atom. The third-order valence-electron chi connectivity index (χ3n) is 4.16. The van der Waals surface area contributed by atoms with Gasteiger partial charge in [-0.15, -0.1) is 11.3 Å². The average Bonchev–Trinajstić information content (AvgIpc) is 3.16. The van der Waals surface area contributed by atoms with E-state index in [-0.39, 0.29) is 23.5 Å². The number of hydrogen-bond donors (Lipinski definition) is 0. The van der Waals surface area contributed by atoms with Gasteiger partial charge in [0, 0.05) is 24.0 Å². The fraction of sp³-hybridized carbons (Fsp3) is 0.333. The van der Waals surface area contributed by atoms with Crippen LogP contribution in [0.5, 0.6) is 0 Å². The van der Waals surface area contributed by atoms with Gasteiger partial charge in [0.05, 0.1) is 22.2 Å². The molecule has 5 nitrogen and oxygen atoms in total. The predicted molar refractivity (Wildman–Crippen MR) is 99.9 cm³/mol. The Morgan fingerprint density at radius 3 is 2.72 bits per heavy atom. The molecule has 1 saturated heterocycles. The van der Waals surface area contributed by atoms with E-state index in [0.717, 1.165) is 16.3 Å². The van der Waals surface area contributed by atoms with Crippen molar-refractivity contribution >= 4 is 33.2 Å². The fourth-order valence-electron chi connectivity index (χ4n) is 2.90. The lowest BCUT2D eigenvalue weighted by Gasteiger charge is -2.27. The smallest absolute Gasteiger partial charge is 0.247 e. The lowest BCUT2D eigenvalue weighted by molar-refractivity contribution is -0.128. The molecule has 0 bridgehead atoms. The Labute approximate surface area is 151 Å². The van der Waals surface area contributed by atoms with Crippen LogP contribution in [-0.2, 0) is 21.2 Å². The maximum absolute atomic E-state index is 12.7. The Bertz CT molecular complexity index is 873. The first-order valence-electron chi connectivity index (χ1n) is 8.08. The molecule has 0 saturated carbocycles. The summed E-state index contributed by atoms with van der Waals surface area (Å²) in [6.45, 7) is 2.31. The van der Waals surface area contributed by atoms with E-state index in [9.17, 15) is 13.2 Å². The molecule has 2 heterocycles. The molecule has 1 aliphatic heterocycles. The molecule has 1 aromatic heterocycles. The second-order valence-electron chi connectivity index (χ2n) is 6.13. The quantitative estimate of drug-likeness (QED) is 0.753. The van der Waals surface area contributed by atoms with Crippen LogP contribution in [-0.4, -0.2) is 41.8 Å². The third kappa shape index (κ3) is 4.76. The SMILES string of the molecule is Cc1nc(/C=C/C(=O)N(Cc2ccccc2)C2CCS(=O)(=O)C2)cs1. The Morgan fingerprint density at radius 2 is 2.12 bits per heavy atom. The van der Waals surface area contributed by atoms with E-state index in [2.05, 4.69) is 4.98 Å². The van der Waals surface area contributed by atoms with Crippen LogP contribution in [0.25, 0.3) is 6.08 Å². The molecule has 132 valence electrons. The van der Waals surface area contributed by atoms with E-state index >= 15 is 0 Å². The highest BCUT2D eigenvalue weighted by atomic mass is 32.2. The first kappa shape index (κ1) is 17.8. The molecule has 1 amide bonds. The van der Waals surface area contributed by atoms with Gasteiger partial charge in [-0.05, 0) is 25.0 Å². The largest absolute Gasteiger partial charge is 0.331 e. The lowest BCUT2D eigenvalue weighted by Crippen LogP contribution is -2.39. The first-order valence-corrected chi connectivity index (χ1v) is 10.8. The Hall–Kier alpha value is -1.99. The second kappa shape index (κ2) is 7.49.